The molecule has 0 N–H and O–H groups in total. The maximum absolute atomic E-state index is 2.19. The largest absolute Gasteiger partial charge is 1.00 e. The normalized spacial score (nSPS) is 11.3. The van der Waals surface area contributed by atoms with Crippen LogP contribution in [0.4, 0.5) is 5.69 Å². The number of halogens is 1. The molecule has 0 unspecified atom stereocenters. The van der Waals surface area contributed by atoms with Crippen LogP contribution in [0, 0.1) is 0 Å². The van der Waals surface area contributed by atoms with E-state index in [4.69, 9.17) is 0 Å². The van der Waals surface area contributed by atoms with Crippen LogP contribution >= 0.6 is 0 Å². The zero-order valence-electron chi connectivity index (χ0n) is 11.7. The summed E-state index contributed by atoms with van der Waals surface area (Å²) < 4.78 is 0.850. The molecule has 0 radical (unpaired) electrons. The topological polar surface area (TPSA) is 0 Å². The highest BCUT2D eigenvalue weighted by Gasteiger charge is 2.10. The van der Waals surface area contributed by atoms with E-state index in [0.29, 0.717) is 0 Å². The highest BCUT2D eigenvalue weighted by molar-refractivity contribution is 5.70. The third-order valence-corrected chi connectivity index (χ3v) is 2.94. The molecule has 0 saturated carbocycles. The Morgan fingerprint density at radius 2 is 1.16 bits per heavy atom. The molecule has 2 aromatic rings. The van der Waals surface area contributed by atoms with Crippen LogP contribution in [0.3, 0.4) is 0 Å². The van der Waals surface area contributed by atoms with Gasteiger partial charge in [0.15, 0.2) is 0 Å². The van der Waals surface area contributed by atoms with Crippen molar-refractivity contribution in [3.63, 3.8) is 0 Å². The Morgan fingerprint density at radius 1 is 0.684 bits per heavy atom. The Labute approximate surface area is 122 Å². The SMILES string of the molecule is C[N+](C)(C)c1ccc(C=Cc2ccccc2)cc1.[Cl-]. The first kappa shape index (κ1) is 15.5. The van der Waals surface area contributed by atoms with Gasteiger partial charge in [-0.1, -0.05) is 42.5 Å². The fraction of sp³-hybridized carbons (Fsp3) is 0.176. The smallest absolute Gasteiger partial charge is 0.132 e. The number of rotatable bonds is 3. The second-order valence-corrected chi connectivity index (χ2v) is 5.35. The molecular formula is C17H20ClN. The Balaban J connectivity index is 0.00000180. The summed E-state index contributed by atoms with van der Waals surface area (Å²) in [5, 5.41) is 0. The molecule has 2 heteroatoms. The van der Waals surface area contributed by atoms with Crippen molar-refractivity contribution < 1.29 is 12.4 Å². The molecule has 0 aliphatic rings. The molecule has 0 spiro atoms. The van der Waals surface area contributed by atoms with E-state index in [9.17, 15) is 0 Å². The highest BCUT2D eigenvalue weighted by Crippen LogP contribution is 2.18. The predicted octanol–water partition coefficient (Wildman–Crippen LogP) is 1.06. The molecule has 1 nitrogen and oxygen atoms in total. The summed E-state index contributed by atoms with van der Waals surface area (Å²) in [5.41, 5.74) is 3.77. The summed E-state index contributed by atoms with van der Waals surface area (Å²) in [6.07, 6.45) is 4.29. The van der Waals surface area contributed by atoms with Crippen LogP contribution in [0.5, 0.6) is 0 Å². The number of nitrogens with zero attached hydrogens (tertiary/aromatic N) is 1. The van der Waals surface area contributed by atoms with Gasteiger partial charge in [-0.05, 0) is 35.4 Å². The molecule has 0 aromatic heterocycles. The molecular weight excluding hydrogens is 254 g/mol. The second-order valence-electron chi connectivity index (χ2n) is 5.35. The summed E-state index contributed by atoms with van der Waals surface area (Å²) in [6, 6.07) is 19.1. The standard InChI is InChI=1S/C17H20N.ClH/c1-18(2,3)17-13-11-16(12-14-17)10-9-15-7-5-4-6-8-15;/h4-14H,1-3H3;1H/q+1;/p-1. The molecule has 0 bridgehead atoms. The van der Waals surface area contributed by atoms with E-state index in [0.717, 1.165) is 4.48 Å². The minimum Gasteiger partial charge on any atom is -1.00 e. The molecule has 0 heterocycles. The van der Waals surface area contributed by atoms with Gasteiger partial charge >= 0.3 is 0 Å². The van der Waals surface area contributed by atoms with Gasteiger partial charge in [0.2, 0.25) is 0 Å². The monoisotopic (exact) mass is 273 g/mol. The average molecular weight is 274 g/mol. The van der Waals surface area contributed by atoms with Crippen molar-refractivity contribution in [2.24, 2.45) is 0 Å². The van der Waals surface area contributed by atoms with Crippen LogP contribution in [-0.4, -0.2) is 21.1 Å². The zero-order valence-corrected chi connectivity index (χ0v) is 12.4. The van der Waals surface area contributed by atoms with Gasteiger partial charge in [0, 0.05) is 0 Å². The lowest BCUT2D eigenvalue weighted by atomic mass is 10.1. The van der Waals surface area contributed by atoms with Crippen LogP contribution < -0.4 is 16.9 Å². The molecule has 0 fully saturated rings. The van der Waals surface area contributed by atoms with Crippen molar-refractivity contribution in [3.05, 3.63) is 65.7 Å². The number of quaternary nitrogens is 1. The Kier molecular flexibility index (Phi) is 5.34. The van der Waals surface area contributed by atoms with Crippen molar-refractivity contribution in [3.8, 4) is 0 Å². The van der Waals surface area contributed by atoms with Gasteiger partial charge < -0.3 is 12.4 Å². The van der Waals surface area contributed by atoms with Gasteiger partial charge in [-0.15, -0.1) is 0 Å². The average Bonchev–Trinajstić information content (AvgIpc) is 2.37. The van der Waals surface area contributed by atoms with Gasteiger partial charge in [0.05, 0.1) is 21.1 Å². The van der Waals surface area contributed by atoms with Gasteiger partial charge in [-0.25, -0.2) is 0 Å². The van der Waals surface area contributed by atoms with Gasteiger partial charge in [0.1, 0.15) is 5.69 Å². The first-order valence-electron chi connectivity index (χ1n) is 6.21. The van der Waals surface area contributed by atoms with Crippen molar-refractivity contribution in [1.82, 2.24) is 4.48 Å². The molecule has 0 amide bonds. The first-order chi connectivity index (χ1) is 8.55. The minimum absolute atomic E-state index is 0. The van der Waals surface area contributed by atoms with Gasteiger partial charge in [-0.2, -0.15) is 0 Å². The second kappa shape index (κ2) is 6.55. The maximum atomic E-state index is 2.19. The molecule has 2 aromatic carbocycles. The van der Waals surface area contributed by atoms with Crippen molar-refractivity contribution >= 4 is 17.8 Å². The predicted molar refractivity (Wildman–Crippen MR) is 81.4 cm³/mol. The Hall–Kier alpha value is -1.57. The van der Waals surface area contributed by atoms with Crippen molar-refractivity contribution in [2.45, 2.75) is 0 Å². The lowest BCUT2D eigenvalue weighted by Crippen LogP contribution is -3.00. The van der Waals surface area contributed by atoms with Crippen LogP contribution in [0.15, 0.2) is 54.6 Å². The Morgan fingerprint density at radius 3 is 1.63 bits per heavy atom. The summed E-state index contributed by atoms with van der Waals surface area (Å²) in [7, 11) is 6.53. The van der Waals surface area contributed by atoms with Crippen LogP contribution in [0.1, 0.15) is 11.1 Å². The van der Waals surface area contributed by atoms with E-state index in [-0.39, 0.29) is 12.4 Å². The summed E-state index contributed by atoms with van der Waals surface area (Å²) >= 11 is 0. The van der Waals surface area contributed by atoms with Gasteiger partial charge in [-0.3, -0.25) is 4.48 Å². The van der Waals surface area contributed by atoms with E-state index in [2.05, 4.69) is 81.8 Å². The molecule has 0 saturated heterocycles. The Bertz CT molecular complexity index is 521. The molecule has 100 valence electrons. The van der Waals surface area contributed by atoms with Gasteiger partial charge in [0.25, 0.3) is 0 Å². The third kappa shape index (κ3) is 4.55. The third-order valence-electron chi connectivity index (χ3n) is 2.94. The van der Waals surface area contributed by atoms with Crippen molar-refractivity contribution in [1.29, 1.82) is 0 Å². The first-order valence-corrected chi connectivity index (χ1v) is 6.21. The fourth-order valence-electron chi connectivity index (χ4n) is 1.79. The van der Waals surface area contributed by atoms with Crippen LogP contribution in [0.25, 0.3) is 12.2 Å². The van der Waals surface area contributed by atoms with Crippen LogP contribution in [0.2, 0.25) is 0 Å². The lowest BCUT2D eigenvalue weighted by Gasteiger charge is -2.23. The lowest BCUT2D eigenvalue weighted by molar-refractivity contribution is -0.00000381. The highest BCUT2D eigenvalue weighted by atomic mass is 35.5. The number of benzene rings is 2. The quantitative estimate of drug-likeness (QED) is 0.580. The maximum Gasteiger partial charge on any atom is 0.132 e. The molecule has 2 rings (SSSR count). The molecule has 0 aliphatic carbocycles. The minimum atomic E-state index is 0. The van der Waals surface area contributed by atoms with Crippen LogP contribution in [-0.2, 0) is 0 Å². The van der Waals surface area contributed by atoms with E-state index in [1.54, 1.807) is 0 Å². The number of hydrogen-bond acceptors (Lipinski definition) is 0. The van der Waals surface area contributed by atoms with E-state index >= 15 is 0 Å². The summed E-state index contributed by atoms with van der Waals surface area (Å²) in [5.74, 6) is 0. The van der Waals surface area contributed by atoms with E-state index < -0.39 is 0 Å². The van der Waals surface area contributed by atoms with E-state index in [1.165, 1.54) is 16.8 Å². The summed E-state index contributed by atoms with van der Waals surface area (Å²) in [6.45, 7) is 0. The number of hydrogen-bond donors (Lipinski definition) is 0. The van der Waals surface area contributed by atoms with E-state index in [1.807, 2.05) is 6.07 Å². The molecule has 0 atom stereocenters. The molecule has 0 aliphatic heterocycles. The molecule has 19 heavy (non-hydrogen) atoms. The van der Waals surface area contributed by atoms with Crippen molar-refractivity contribution in [2.75, 3.05) is 21.1 Å². The fourth-order valence-corrected chi connectivity index (χ4v) is 1.79. The zero-order chi connectivity index (χ0) is 13.0. The summed E-state index contributed by atoms with van der Waals surface area (Å²) in [4.78, 5) is 0.